The zero-order chi connectivity index (χ0) is 16.5. The first kappa shape index (κ1) is 16.7. The maximum Gasteiger partial charge on any atom is 0.339 e. The van der Waals surface area contributed by atoms with Crippen LogP contribution in [-0.4, -0.2) is 49.5 Å². The summed E-state index contributed by atoms with van der Waals surface area (Å²) in [6, 6.07) is 2.50. The van der Waals surface area contributed by atoms with Gasteiger partial charge in [-0.05, 0) is 31.0 Å². The number of aliphatic carboxylic acids is 1. The molecule has 1 atom stereocenters. The van der Waals surface area contributed by atoms with Gasteiger partial charge in [0.1, 0.15) is 6.04 Å². The molecule has 1 aromatic rings. The molecule has 7 nitrogen and oxygen atoms in total. The Hall–Kier alpha value is -1.64. The van der Waals surface area contributed by atoms with Crippen LogP contribution < -0.4 is 0 Å². The van der Waals surface area contributed by atoms with E-state index in [1.54, 1.807) is 0 Å². The van der Waals surface area contributed by atoms with Gasteiger partial charge in [0.05, 0.1) is 22.6 Å². The highest BCUT2D eigenvalue weighted by Gasteiger charge is 2.39. The first-order valence-electron chi connectivity index (χ1n) is 6.41. The highest BCUT2D eigenvalue weighted by atomic mass is 35.5. The summed E-state index contributed by atoms with van der Waals surface area (Å²) in [7, 11) is -2.80. The molecule has 1 fully saturated rings. The van der Waals surface area contributed by atoms with Crippen molar-refractivity contribution < 1.29 is 27.9 Å². The molecule has 0 saturated carbocycles. The van der Waals surface area contributed by atoms with Crippen LogP contribution in [0.4, 0.5) is 0 Å². The number of carboxylic acids is 1. The quantitative estimate of drug-likeness (QED) is 0.825. The Morgan fingerprint density at radius 2 is 2.09 bits per heavy atom. The molecule has 0 aliphatic carbocycles. The molecule has 1 aliphatic heterocycles. The lowest BCUT2D eigenvalue weighted by Crippen LogP contribution is -2.40. The Morgan fingerprint density at radius 1 is 1.41 bits per heavy atom. The van der Waals surface area contributed by atoms with Crippen molar-refractivity contribution in [3.63, 3.8) is 0 Å². The lowest BCUT2D eigenvalue weighted by Gasteiger charge is -2.21. The minimum Gasteiger partial charge on any atom is -0.480 e. The summed E-state index contributed by atoms with van der Waals surface area (Å²) >= 11 is 5.91. The number of carbonyl (C=O) groups is 2. The molecule has 1 saturated heterocycles. The molecule has 0 amide bonds. The number of hydrogen-bond donors (Lipinski definition) is 1. The number of sulfonamides is 1. The lowest BCUT2D eigenvalue weighted by atomic mass is 10.2. The molecule has 120 valence electrons. The number of ether oxygens (including phenoxy) is 1. The summed E-state index contributed by atoms with van der Waals surface area (Å²) in [6.07, 6.45) is 0.743. The van der Waals surface area contributed by atoms with Gasteiger partial charge in [-0.15, -0.1) is 0 Å². The Morgan fingerprint density at radius 3 is 2.64 bits per heavy atom. The second kappa shape index (κ2) is 6.23. The van der Waals surface area contributed by atoms with E-state index in [4.69, 9.17) is 16.7 Å². The van der Waals surface area contributed by atoms with E-state index in [0.717, 1.165) is 10.4 Å². The van der Waals surface area contributed by atoms with Crippen molar-refractivity contribution in [2.45, 2.75) is 23.8 Å². The molecule has 0 spiro atoms. The van der Waals surface area contributed by atoms with Crippen molar-refractivity contribution in [2.24, 2.45) is 0 Å². The van der Waals surface area contributed by atoms with Crippen LogP contribution in [0.2, 0.25) is 5.02 Å². The van der Waals surface area contributed by atoms with Gasteiger partial charge in [0, 0.05) is 6.54 Å². The summed E-state index contributed by atoms with van der Waals surface area (Å²) in [4.78, 5) is 22.4. The van der Waals surface area contributed by atoms with Crippen molar-refractivity contribution in [3.05, 3.63) is 28.8 Å². The number of halogens is 1. The maximum atomic E-state index is 12.5. The fourth-order valence-electron chi connectivity index (χ4n) is 2.34. The molecule has 0 unspecified atom stereocenters. The van der Waals surface area contributed by atoms with Crippen LogP contribution >= 0.6 is 11.6 Å². The zero-order valence-electron chi connectivity index (χ0n) is 11.7. The standard InChI is InChI=1S/C13H14ClNO6S/c1-21-13(18)9-5-4-8(7-10(9)14)22(19,20)15-6-2-3-11(15)12(16)17/h4-5,7,11H,2-3,6H2,1H3,(H,16,17)/t11-/m1/s1. The van der Waals surface area contributed by atoms with Gasteiger partial charge in [-0.1, -0.05) is 11.6 Å². The van der Waals surface area contributed by atoms with Crippen molar-refractivity contribution >= 4 is 33.6 Å². The van der Waals surface area contributed by atoms with Crippen molar-refractivity contribution in [1.82, 2.24) is 4.31 Å². The maximum absolute atomic E-state index is 12.5. The number of carbonyl (C=O) groups excluding carboxylic acids is 1. The molecule has 1 heterocycles. The van der Waals surface area contributed by atoms with E-state index in [2.05, 4.69) is 4.74 Å². The van der Waals surface area contributed by atoms with E-state index < -0.39 is 28.0 Å². The first-order valence-corrected chi connectivity index (χ1v) is 8.23. The van der Waals surface area contributed by atoms with Crippen molar-refractivity contribution in [2.75, 3.05) is 13.7 Å². The van der Waals surface area contributed by atoms with Crippen LogP contribution in [0.1, 0.15) is 23.2 Å². The predicted molar refractivity (Wildman–Crippen MR) is 77.3 cm³/mol. The Bertz CT molecular complexity index is 717. The fraction of sp³-hybridized carbons (Fsp3) is 0.385. The van der Waals surface area contributed by atoms with Crippen LogP contribution in [0.3, 0.4) is 0 Å². The molecule has 1 N–H and O–H groups in total. The molecule has 9 heteroatoms. The van der Waals surface area contributed by atoms with Crippen molar-refractivity contribution in [3.8, 4) is 0 Å². The van der Waals surface area contributed by atoms with Crippen LogP contribution in [-0.2, 0) is 19.6 Å². The molecule has 0 bridgehead atoms. The monoisotopic (exact) mass is 347 g/mol. The third kappa shape index (κ3) is 2.94. The van der Waals surface area contributed by atoms with E-state index in [1.165, 1.54) is 19.2 Å². The smallest absolute Gasteiger partial charge is 0.339 e. The van der Waals surface area contributed by atoms with Gasteiger partial charge in [-0.2, -0.15) is 4.31 Å². The molecule has 1 aliphatic rings. The van der Waals surface area contributed by atoms with Gasteiger partial charge in [0.15, 0.2) is 0 Å². The van der Waals surface area contributed by atoms with Crippen molar-refractivity contribution in [1.29, 1.82) is 0 Å². The number of esters is 1. The van der Waals surface area contributed by atoms with E-state index in [0.29, 0.717) is 6.42 Å². The predicted octanol–water partition coefficient (Wildman–Crippen LogP) is 1.36. The summed E-state index contributed by atoms with van der Waals surface area (Å²) in [5.74, 6) is -1.86. The normalized spacial score (nSPS) is 19.1. The van der Waals surface area contributed by atoms with Crippen LogP contribution in [0.15, 0.2) is 23.1 Å². The fourth-order valence-corrected chi connectivity index (χ4v) is 4.34. The first-order chi connectivity index (χ1) is 10.3. The summed E-state index contributed by atoms with van der Waals surface area (Å²) < 4.78 is 30.6. The van der Waals surface area contributed by atoms with Gasteiger partial charge in [-0.25, -0.2) is 13.2 Å². The van der Waals surface area contributed by atoms with Gasteiger partial charge in [0.2, 0.25) is 10.0 Å². The molecular formula is C13H14ClNO6S. The second-order valence-corrected chi connectivity index (χ2v) is 7.04. The summed E-state index contributed by atoms with van der Waals surface area (Å²) in [5.41, 5.74) is 0.0410. The third-order valence-electron chi connectivity index (χ3n) is 3.44. The number of hydrogen-bond acceptors (Lipinski definition) is 5. The van der Waals surface area contributed by atoms with Crippen LogP contribution in [0.25, 0.3) is 0 Å². The van der Waals surface area contributed by atoms with Gasteiger partial charge in [-0.3, -0.25) is 4.79 Å². The molecule has 1 aromatic carbocycles. The van der Waals surface area contributed by atoms with Gasteiger partial charge in [0.25, 0.3) is 0 Å². The minimum atomic E-state index is -3.99. The average Bonchev–Trinajstić information content (AvgIpc) is 2.96. The third-order valence-corrected chi connectivity index (χ3v) is 5.66. The second-order valence-electron chi connectivity index (χ2n) is 4.75. The number of methoxy groups -OCH3 is 1. The van der Waals surface area contributed by atoms with E-state index in [1.807, 2.05) is 0 Å². The largest absolute Gasteiger partial charge is 0.480 e. The Kier molecular flexibility index (Phi) is 4.74. The van der Waals surface area contributed by atoms with Gasteiger partial charge < -0.3 is 9.84 Å². The van der Waals surface area contributed by atoms with Crippen LogP contribution in [0, 0.1) is 0 Å². The zero-order valence-corrected chi connectivity index (χ0v) is 13.2. The summed E-state index contributed by atoms with van der Waals surface area (Å²) in [5, 5.41) is 9.03. The van der Waals surface area contributed by atoms with E-state index in [-0.39, 0.29) is 28.4 Å². The molecular weight excluding hydrogens is 334 g/mol. The number of benzene rings is 1. The Balaban J connectivity index is 2.40. The van der Waals surface area contributed by atoms with Gasteiger partial charge >= 0.3 is 11.9 Å². The van der Waals surface area contributed by atoms with Crippen LogP contribution in [0.5, 0.6) is 0 Å². The highest BCUT2D eigenvalue weighted by Crippen LogP contribution is 2.29. The SMILES string of the molecule is COC(=O)c1ccc(S(=O)(=O)N2CCC[C@@H]2C(=O)O)cc1Cl. The highest BCUT2D eigenvalue weighted by molar-refractivity contribution is 7.89. The minimum absolute atomic E-state index is 0.0410. The topological polar surface area (TPSA) is 101 Å². The molecule has 2 rings (SSSR count). The number of rotatable bonds is 4. The number of nitrogens with zero attached hydrogens (tertiary/aromatic N) is 1. The molecule has 0 aromatic heterocycles. The van der Waals surface area contributed by atoms with E-state index in [9.17, 15) is 18.0 Å². The van der Waals surface area contributed by atoms with E-state index >= 15 is 0 Å². The molecule has 0 radical (unpaired) electrons. The lowest BCUT2D eigenvalue weighted by molar-refractivity contribution is -0.140. The number of carboxylic acid groups (broad SMARTS) is 1. The molecule has 22 heavy (non-hydrogen) atoms. The summed E-state index contributed by atoms with van der Waals surface area (Å²) in [6.45, 7) is 0.135. The Labute approximate surface area is 132 Å². The average molecular weight is 348 g/mol.